The summed E-state index contributed by atoms with van der Waals surface area (Å²) in [4.78, 5) is 14.1. The first kappa shape index (κ1) is 17.9. The Morgan fingerprint density at radius 1 is 0.926 bits per heavy atom. The number of hydrogen-bond donors (Lipinski definition) is 1. The number of aryl methyl sites for hydroxylation is 1. The normalized spacial score (nSPS) is 15.8. The molecule has 136 valence electrons. The third-order valence-electron chi connectivity index (χ3n) is 5.04. The lowest BCUT2D eigenvalue weighted by Gasteiger charge is -2.26. The summed E-state index contributed by atoms with van der Waals surface area (Å²) in [5.41, 5.74) is 4.66. The smallest absolute Gasteiger partial charge is 0.252 e. The lowest BCUT2D eigenvalue weighted by atomic mass is 9.87. The second-order valence-corrected chi connectivity index (χ2v) is 7.90. The van der Waals surface area contributed by atoms with Gasteiger partial charge in [0.15, 0.2) is 0 Å². The second kappa shape index (κ2) is 8.45. The molecule has 1 aliphatic rings. The SMILES string of the molecule is O=C(N[C@H]1CCCc2ccccc21)c1ccccc1SCc1ccccc1. The van der Waals surface area contributed by atoms with Crippen molar-refractivity contribution in [2.24, 2.45) is 0 Å². The van der Waals surface area contributed by atoms with Crippen molar-refractivity contribution < 1.29 is 4.79 Å². The van der Waals surface area contributed by atoms with Gasteiger partial charge < -0.3 is 5.32 Å². The Hall–Kier alpha value is -2.52. The standard InChI is InChI=1S/C24H23NOS/c26-24(25-22-15-8-12-19-11-4-5-13-20(19)22)21-14-6-7-16-23(21)27-17-18-9-2-1-3-10-18/h1-7,9-11,13-14,16,22H,8,12,15,17H2,(H,25,26)/t22-/m0/s1. The van der Waals surface area contributed by atoms with Crippen LogP contribution in [0.25, 0.3) is 0 Å². The van der Waals surface area contributed by atoms with Gasteiger partial charge in [-0.1, -0.05) is 66.7 Å². The zero-order chi connectivity index (χ0) is 18.5. The molecule has 0 saturated carbocycles. The van der Waals surface area contributed by atoms with Crippen LogP contribution >= 0.6 is 11.8 Å². The van der Waals surface area contributed by atoms with E-state index in [4.69, 9.17) is 0 Å². The van der Waals surface area contributed by atoms with E-state index in [0.717, 1.165) is 35.5 Å². The van der Waals surface area contributed by atoms with E-state index >= 15 is 0 Å². The number of fused-ring (bicyclic) bond motifs is 1. The van der Waals surface area contributed by atoms with E-state index in [1.165, 1.54) is 16.7 Å². The Bertz CT molecular complexity index is 922. The molecule has 1 atom stereocenters. The molecular formula is C24H23NOS. The molecule has 1 N–H and O–H groups in total. The molecule has 4 rings (SSSR count). The van der Waals surface area contributed by atoms with Crippen LogP contribution in [0.3, 0.4) is 0 Å². The van der Waals surface area contributed by atoms with E-state index < -0.39 is 0 Å². The van der Waals surface area contributed by atoms with E-state index in [9.17, 15) is 4.79 Å². The highest BCUT2D eigenvalue weighted by atomic mass is 32.2. The molecule has 0 heterocycles. The number of carbonyl (C=O) groups excluding carboxylic acids is 1. The van der Waals surface area contributed by atoms with E-state index in [0.29, 0.717) is 0 Å². The molecule has 27 heavy (non-hydrogen) atoms. The van der Waals surface area contributed by atoms with Gasteiger partial charge in [0.05, 0.1) is 11.6 Å². The number of nitrogens with one attached hydrogen (secondary N) is 1. The first-order valence-corrected chi connectivity index (χ1v) is 10.4. The zero-order valence-electron chi connectivity index (χ0n) is 15.2. The van der Waals surface area contributed by atoms with Crippen molar-refractivity contribution in [1.82, 2.24) is 5.32 Å². The summed E-state index contributed by atoms with van der Waals surface area (Å²) in [6.45, 7) is 0. The number of carbonyl (C=O) groups is 1. The Balaban J connectivity index is 1.50. The third kappa shape index (κ3) is 4.25. The van der Waals surface area contributed by atoms with Crippen molar-refractivity contribution in [1.29, 1.82) is 0 Å². The molecule has 0 aromatic heterocycles. The summed E-state index contributed by atoms with van der Waals surface area (Å²) in [5, 5.41) is 3.28. The highest BCUT2D eigenvalue weighted by Crippen LogP contribution is 2.31. The highest BCUT2D eigenvalue weighted by molar-refractivity contribution is 7.98. The highest BCUT2D eigenvalue weighted by Gasteiger charge is 2.22. The van der Waals surface area contributed by atoms with Gasteiger partial charge >= 0.3 is 0 Å². The number of amides is 1. The predicted octanol–water partition coefficient (Wildman–Crippen LogP) is 5.79. The number of thioether (sulfide) groups is 1. The molecule has 2 nitrogen and oxygen atoms in total. The van der Waals surface area contributed by atoms with Gasteiger partial charge in [-0.3, -0.25) is 4.79 Å². The molecule has 0 unspecified atom stereocenters. The Kier molecular flexibility index (Phi) is 5.59. The third-order valence-corrected chi connectivity index (χ3v) is 6.19. The Labute approximate surface area is 165 Å². The van der Waals surface area contributed by atoms with Crippen molar-refractivity contribution in [2.75, 3.05) is 0 Å². The summed E-state index contributed by atoms with van der Waals surface area (Å²) < 4.78 is 0. The van der Waals surface area contributed by atoms with Gasteiger partial charge in [-0.15, -0.1) is 11.8 Å². The average molecular weight is 374 g/mol. The molecule has 3 heteroatoms. The van der Waals surface area contributed by atoms with Gasteiger partial charge in [-0.2, -0.15) is 0 Å². The fourth-order valence-corrected chi connectivity index (χ4v) is 4.66. The summed E-state index contributed by atoms with van der Waals surface area (Å²) in [6.07, 6.45) is 3.22. The van der Waals surface area contributed by atoms with Crippen LogP contribution in [0, 0.1) is 0 Å². The lowest BCUT2D eigenvalue weighted by Crippen LogP contribution is -2.31. The fraction of sp³-hybridized carbons (Fsp3) is 0.208. The van der Waals surface area contributed by atoms with Gasteiger partial charge in [-0.05, 0) is 48.1 Å². The number of hydrogen-bond acceptors (Lipinski definition) is 2. The molecule has 0 radical (unpaired) electrons. The van der Waals surface area contributed by atoms with Gasteiger partial charge in [0.1, 0.15) is 0 Å². The van der Waals surface area contributed by atoms with Crippen LogP contribution in [0.5, 0.6) is 0 Å². The minimum atomic E-state index is 0.0212. The number of rotatable bonds is 5. The molecule has 0 bridgehead atoms. The molecule has 1 amide bonds. The minimum Gasteiger partial charge on any atom is -0.345 e. The molecule has 0 saturated heterocycles. The molecule has 3 aromatic carbocycles. The molecular weight excluding hydrogens is 350 g/mol. The van der Waals surface area contributed by atoms with Gasteiger partial charge in [0.2, 0.25) is 0 Å². The zero-order valence-corrected chi connectivity index (χ0v) is 16.0. The molecule has 1 aliphatic carbocycles. The van der Waals surface area contributed by atoms with E-state index in [1.807, 2.05) is 30.3 Å². The maximum absolute atomic E-state index is 13.0. The number of benzene rings is 3. The van der Waals surface area contributed by atoms with Crippen LogP contribution in [-0.4, -0.2) is 5.91 Å². The maximum atomic E-state index is 13.0. The average Bonchev–Trinajstić information content (AvgIpc) is 2.73. The van der Waals surface area contributed by atoms with E-state index in [-0.39, 0.29) is 11.9 Å². The summed E-state index contributed by atoms with van der Waals surface area (Å²) in [7, 11) is 0. The van der Waals surface area contributed by atoms with Crippen LogP contribution in [0.1, 0.15) is 45.9 Å². The predicted molar refractivity (Wildman–Crippen MR) is 112 cm³/mol. The topological polar surface area (TPSA) is 29.1 Å². The van der Waals surface area contributed by atoms with Crippen LogP contribution < -0.4 is 5.32 Å². The van der Waals surface area contributed by atoms with Crippen molar-refractivity contribution in [3.8, 4) is 0 Å². The molecule has 0 fully saturated rings. The fourth-order valence-electron chi connectivity index (χ4n) is 3.66. The first-order chi connectivity index (χ1) is 13.3. The lowest BCUT2D eigenvalue weighted by molar-refractivity contribution is 0.0930. The summed E-state index contributed by atoms with van der Waals surface area (Å²) >= 11 is 1.72. The summed E-state index contributed by atoms with van der Waals surface area (Å²) in [5.74, 6) is 0.880. The summed E-state index contributed by atoms with van der Waals surface area (Å²) in [6, 6.07) is 26.9. The molecule has 3 aromatic rings. The van der Waals surface area contributed by atoms with Crippen LogP contribution in [0.15, 0.2) is 83.8 Å². The van der Waals surface area contributed by atoms with Crippen molar-refractivity contribution >= 4 is 17.7 Å². The van der Waals surface area contributed by atoms with Gasteiger partial charge in [0, 0.05) is 10.6 Å². The van der Waals surface area contributed by atoms with Crippen LogP contribution in [-0.2, 0) is 12.2 Å². The van der Waals surface area contributed by atoms with Crippen LogP contribution in [0.2, 0.25) is 0 Å². The van der Waals surface area contributed by atoms with Crippen LogP contribution in [0.4, 0.5) is 0 Å². The monoisotopic (exact) mass is 373 g/mol. The minimum absolute atomic E-state index is 0.0212. The Morgan fingerprint density at radius 2 is 1.67 bits per heavy atom. The van der Waals surface area contributed by atoms with Crippen molar-refractivity contribution in [2.45, 2.75) is 36.0 Å². The second-order valence-electron chi connectivity index (χ2n) is 6.89. The largest absolute Gasteiger partial charge is 0.345 e. The van der Waals surface area contributed by atoms with Crippen molar-refractivity contribution in [3.63, 3.8) is 0 Å². The van der Waals surface area contributed by atoms with Gasteiger partial charge in [0.25, 0.3) is 5.91 Å². The van der Waals surface area contributed by atoms with Gasteiger partial charge in [-0.25, -0.2) is 0 Å². The van der Waals surface area contributed by atoms with E-state index in [2.05, 4.69) is 53.8 Å². The van der Waals surface area contributed by atoms with E-state index in [1.54, 1.807) is 11.8 Å². The Morgan fingerprint density at radius 3 is 2.56 bits per heavy atom. The first-order valence-electron chi connectivity index (χ1n) is 9.46. The quantitative estimate of drug-likeness (QED) is 0.574. The molecule has 0 aliphatic heterocycles. The molecule has 0 spiro atoms. The van der Waals surface area contributed by atoms with Crippen molar-refractivity contribution in [3.05, 3.63) is 101 Å². The maximum Gasteiger partial charge on any atom is 0.252 e.